The standard InChI is InChI=1S/C15H23NO4Si/c1-11-7-13-14(8-12(11)9-17)20-15(18)16(13)10-19-5-6-21(2,3)4/h7-8,17H,5-6,9-10H2,1-4H3. The summed E-state index contributed by atoms with van der Waals surface area (Å²) in [7, 11) is -1.13. The number of hydrogen-bond acceptors (Lipinski definition) is 4. The van der Waals surface area contributed by atoms with Crippen molar-refractivity contribution in [2.75, 3.05) is 6.61 Å². The van der Waals surface area contributed by atoms with Crippen LogP contribution >= 0.6 is 0 Å². The Kier molecular flexibility index (Phi) is 4.70. The second kappa shape index (κ2) is 6.17. The third-order valence-electron chi connectivity index (χ3n) is 3.51. The molecule has 0 aliphatic heterocycles. The van der Waals surface area contributed by atoms with E-state index in [0.717, 1.165) is 17.2 Å². The third-order valence-corrected chi connectivity index (χ3v) is 5.22. The number of rotatable bonds is 6. The maximum absolute atomic E-state index is 11.9. The van der Waals surface area contributed by atoms with E-state index in [2.05, 4.69) is 19.6 Å². The van der Waals surface area contributed by atoms with Gasteiger partial charge < -0.3 is 14.3 Å². The van der Waals surface area contributed by atoms with Crippen LogP contribution in [0, 0.1) is 6.92 Å². The van der Waals surface area contributed by atoms with Crippen molar-refractivity contribution >= 4 is 19.2 Å². The first-order valence-corrected chi connectivity index (χ1v) is 10.8. The molecule has 0 spiro atoms. The molecule has 5 nitrogen and oxygen atoms in total. The van der Waals surface area contributed by atoms with Crippen LogP contribution in [0.2, 0.25) is 25.7 Å². The first kappa shape index (κ1) is 16.0. The van der Waals surface area contributed by atoms with Gasteiger partial charge in [-0.25, -0.2) is 9.36 Å². The van der Waals surface area contributed by atoms with Crippen LogP contribution in [0.5, 0.6) is 0 Å². The Bertz CT molecular complexity index is 681. The molecule has 21 heavy (non-hydrogen) atoms. The van der Waals surface area contributed by atoms with Gasteiger partial charge in [0, 0.05) is 14.7 Å². The minimum Gasteiger partial charge on any atom is -0.408 e. The summed E-state index contributed by atoms with van der Waals surface area (Å²) in [5.74, 6) is -0.424. The number of fused-ring (bicyclic) bond motifs is 1. The van der Waals surface area contributed by atoms with Crippen molar-refractivity contribution in [1.82, 2.24) is 4.57 Å². The summed E-state index contributed by atoms with van der Waals surface area (Å²) in [5.41, 5.74) is 2.90. The van der Waals surface area contributed by atoms with Crippen molar-refractivity contribution in [2.24, 2.45) is 0 Å². The van der Waals surface area contributed by atoms with Gasteiger partial charge in [-0.1, -0.05) is 19.6 Å². The van der Waals surface area contributed by atoms with Gasteiger partial charge in [-0.05, 0) is 36.2 Å². The topological polar surface area (TPSA) is 64.6 Å². The molecule has 0 saturated carbocycles. The maximum Gasteiger partial charge on any atom is 0.421 e. The molecule has 1 heterocycles. The fourth-order valence-corrected chi connectivity index (χ4v) is 2.84. The van der Waals surface area contributed by atoms with Gasteiger partial charge in [0.25, 0.3) is 0 Å². The smallest absolute Gasteiger partial charge is 0.408 e. The molecular weight excluding hydrogens is 286 g/mol. The summed E-state index contributed by atoms with van der Waals surface area (Å²) < 4.78 is 12.3. The average molecular weight is 309 g/mol. The minimum atomic E-state index is -1.13. The molecule has 0 aliphatic rings. The molecule has 2 rings (SSSR count). The molecule has 1 aromatic carbocycles. The molecule has 0 saturated heterocycles. The van der Waals surface area contributed by atoms with E-state index in [0.29, 0.717) is 17.7 Å². The van der Waals surface area contributed by atoms with E-state index in [1.165, 1.54) is 4.57 Å². The number of aliphatic hydroxyl groups excluding tert-OH is 1. The summed E-state index contributed by atoms with van der Waals surface area (Å²) in [6.07, 6.45) is 0. The fraction of sp³-hybridized carbons (Fsp3) is 0.533. The molecule has 0 fully saturated rings. The molecule has 0 bridgehead atoms. The Morgan fingerprint density at radius 3 is 2.67 bits per heavy atom. The number of ether oxygens (including phenoxy) is 1. The normalized spacial score (nSPS) is 12.2. The van der Waals surface area contributed by atoms with E-state index in [1.807, 2.05) is 13.0 Å². The molecule has 1 aromatic heterocycles. The Balaban J connectivity index is 2.18. The second-order valence-corrected chi connectivity index (χ2v) is 12.2. The molecule has 0 atom stereocenters. The average Bonchev–Trinajstić information content (AvgIpc) is 2.68. The van der Waals surface area contributed by atoms with Gasteiger partial charge in [-0.2, -0.15) is 0 Å². The SMILES string of the molecule is Cc1cc2c(cc1CO)oc(=O)n2COCC[Si](C)(C)C. The molecular formula is C15H23NO4Si. The first-order chi connectivity index (χ1) is 9.81. The van der Waals surface area contributed by atoms with E-state index >= 15 is 0 Å². The van der Waals surface area contributed by atoms with Crippen molar-refractivity contribution in [3.8, 4) is 0 Å². The van der Waals surface area contributed by atoms with Gasteiger partial charge in [0.1, 0.15) is 6.73 Å². The maximum atomic E-state index is 11.9. The monoisotopic (exact) mass is 309 g/mol. The van der Waals surface area contributed by atoms with E-state index in [1.54, 1.807) is 6.07 Å². The molecule has 0 aliphatic carbocycles. The Morgan fingerprint density at radius 2 is 2.05 bits per heavy atom. The zero-order valence-corrected chi connectivity index (χ0v) is 14.1. The highest BCUT2D eigenvalue weighted by Gasteiger charge is 2.14. The van der Waals surface area contributed by atoms with Crippen LogP contribution in [0.1, 0.15) is 11.1 Å². The fourth-order valence-electron chi connectivity index (χ4n) is 2.08. The quantitative estimate of drug-likeness (QED) is 0.658. The van der Waals surface area contributed by atoms with Crippen molar-refractivity contribution in [1.29, 1.82) is 0 Å². The van der Waals surface area contributed by atoms with Crippen LogP contribution in [-0.2, 0) is 18.1 Å². The van der Waals surface area contributed by atoms with Crippen LogP contribution in [-0.4, -0.2) is 24.4 Å². The van der Waals surface area contributed by atoms with Gasteiger partial charge in [-0.15, -0.1) is 0 Å². The number of oxazole rings is 1. The van der Waals surface area contributed by atoms with Gasteiger partial charge in [0.2, 0.25) is 0 Å². The number of hydrogen-bond donors (Lipinski definition) is 1. The zero-order valence-electron chi connectivity index (χ0n) is 13.1. The molecule has 0 amide bonds. The molecule has 0 unspecified atom stereocenters. The zero-order chi connectivity index (χ0) is 15.6. The molecule has 6 heteroatoms. The molecule has 1 N–H and O–H groups in total. The molecule has 0 radical (unpaired) electrons. The largest absolute Gasteiger partial charge is 0.421 e. The summed E-state index contributed by atoms with van der Waals surface area (Å²) in [5, 5.41) is 9.26. The van der Waals surface area contributed by atoms with E-state index < -0.39 is 13.8 Å². The lowest BCUT2D eigenvalue weighted by Crippen LogP contribution is -2.23. The van der Waals surface area contributed by atoms with Gasteiger partial charge in [0.05, 0.1) is 12.1 Å². The Labute approximate surface area is 125 Å². The molecule has 116 valence electrons. The highest BCUT2D eigenvalue weighted by atomic mass is 28.3. The van der Waals surface area contributed by atoms with E-state index in [4.69, 9.17) is 9.15 Å². The van der Waals surface area contributed by atoms with Crippen molar-refractivity contribution in [3.63, 3.8) is 0 Å². The predicted molar refractivity (Wildman–Crippen MR) is 85.2 cm³/mol. The Morgan fingerprint density at radius 1 is 1.33 bits per heavy atom. The summed E-state index contributed by atoms with van der Waals surface area (Å²) >= 11 is 0. The lowest BCUT2D eigenvalue weighted by molar-refractivity contribution is 0.0850. The molecule has 2 aromatic rings. The lowest BCUT2D eigenvalue weighted by Gasteiger charge is -2.15. The van der Waals surface area contributed by atoms with Gasteiger partial charge >= 0.3 is 5.76 Å². The number of nitrogens with zero attached hydrogens (tertiary/aromatic N) is 1. The van der Waals surface area contributed by atoms with Crippen LogP contribution in [0.25, 0.3) is 11.1 Å². The summed E-state index contributed by atoms with van der Waals surface area (Å²) in [6, 6.07) is 4.63. The lowest BCUT2D eigenvalue weighted by atomic mass is 10.1. The van der Waals surface area contributed by atoms with E-state index in [9.17, 15) is 9.90 Å². The van der Waals surface area contributed by atoms with Crippen LogP contribution in [0.4, 0.5) is 0 Å². The van der Waals surface area contributed by atoms with Crippen LogP contribution in [0.3, 0.4) is 0 Å². The highest BCUT2D eigenvalue weighted by Crippen LogP contribution is 2.19. The van der Waals surface area contributed by atoms with Crippen molar-refractivity contribution in [3.05, 3.63) is 33.8 Å². The van der Waals surface area contributed by atoms with Crippen molar-refractivity contribution < 1.29 is 14.3 Å². The van der Waals surface area contributed by atoms with Crippen molar-refractivity contribution in [2.45, 2.75) is 45.9 Å². The van der Waals surface area contributed by atoms with E-state index in [-0.39, 0.29) is 13.3 Å². The Hall–Kier alpha value is -1.37. The third kappa shape index (κ3) is 3.84. The number of aliphatic hydroxyl groups is 1. The predicted octanol–water partition coefficient (Wildman–Crippen LogP) is 2.71. The van der Waals surface area contributed by atoms with Crippen LogP contribution in [0.15, 0.2) is 21.3 Å². The minimum absolute atomic E-state index is 0.0661. The number of benzene rings is 1. The van der Waals surface area contributed by atoms with Gasteiger partial charge in [0.15, 0.2) is 5.58 Å². The summed E-state index contributed by atoms with van der Waals surface area (Å²) in [4.78, 5) is 11.9. The number of aryl methyl sites for hydroxylation is 1. The van der Waals surface area contributed by atoms with Gasteiger partial charge in [-0.3, -0.25) is 0 Å². The highest BCUT2D eigenvalue weighted by molar-refractivity contribution is 6.76. The van der Waals surface area contributed by atoms with Crippen LogP contribution < -0.4 is 5.76 Å². The second-order valence-electron chi connectivity index (χ2n) is 6.55. The number of aromatic nitrogens is 1. The first-order valence-electron chi connectivity index (χ1n) is 7.13. The summed E-state index contributed by atoms with van der Waals surface area (Å²) in [6.45, 7) is 9.56.